The number of nitrogens with zero attached hydrogens (tertiary/aromatic N) is 3. The topological polar surface area (TPSA) is 82.8 Å². The first-order chi connectivity index (χ1) is 22.9. The summed E-state index contributed by atoms with van der Waals surface area (Å²) in [6.07, 6.45) is 4.69. The van der Waals surface area contributed by atoms with Crippen LogP contribution in [0.3, 0.4) is 0 Å². The Labute approximate surface area is 295 Å². The van der Waals surface area contributed by atoms with E-state index in [1.54, 1.807) is 21.9 Å². The van der Waals surface area contributed by atoms with Gasteiger partial charge in [0.15, 0.2) is 12.4 Å². The number of benzene rings is 4. The zero-order valence-corrected chi connectivity index (χ0v) is 29.1. The number of carbonyl (C=O) groups excluding carboxylic acids is 3. The van der Waals surface area contributed by atoms with Crippen molar-refractivity contribution in [3.8, 4) is 0 Å². The van der Waals surface area contributed by atoms with E-state index < -0.39 is 6.09 Å². The molecule has 4 aromatic carbocycles. The highest BCUT2D eigenvalue weighted by Crippen LogP contribution is 2.23. The quantitative estimate of drug-likeness (QED) is 0.178. The first kappa shape index (κ1) is 36.1. The third-order valence-corrected chi connectivity index (χ3v) is 8.10. The van der Waals surface area contributed by atoms with Crippen molar-refractivity contribution in [1.29, 1.82) is 0 Å². The Morgan fingerprint density at radius 2 is 1.46 bits per heavy atom. The number of ether oxygens (including phenoxy) is 1. The highest BCUT2D eigenvalue weighted by molar-refractivity contribution is 9.10. The summed E-state index contributed by atoms with van der Waals surface area (Å²) in [7, 11) is 0. The fraction of sp³-hybridized carbons (Fsp3) is 0.211. The highest BCUT2D eigenvalue weighted by Gasteiger charge is 2.23. The largest absolute Gasteiger partial charge is 1.00 e. The lowest BCUT2D eigenvalue weighted by Crippen LogP contribution is -3.00. The summed E-state index contributed by atoms with van der Waals surface area (Å²) in [6, 6.07) is 33.9. The number of para-hydroxylation sites is 1. The number of hydrogen-bond acceptors (Lipinski definition) is 4. The maximum Gasteiger partial charge on any atom is 0.411 e. The summed E-state index contributed by atoms with van der Waals surface area (Å²) in [6.45, 7) is 3.82. The number of carbonyl (C=O) groups is 3. The second kappa shape index (κ2) is 18.0. The number of nitrogens with one attached hydrogen (secondary N) is 1. The van der Waals surface area contributed by atoms with E-state index in [2.05, 4.69) is 28.2 Å². The molecule has 0 atom stereocenters. The first-order valence-corrected chi connectivity index (χ1v) is 16.5. The van der Waals surface area contributed by atoms with Crippen LogP contribution >= 0.6 is 15.9 Å². The van der Waals surface area contributed by atoms with Gasteiger partial charge in [-0.2, -0.15) is 0 Å². The fourth-order valence-electron chi connectivity index (χ4n) is 5.44. The number of aromatic nitrogens is 1. The molecule has 248 valence electrons. The molecule has 0 spiro atoms. The SMILES string of the molecule is CCC[n+]1cc(Br)cc(C(=O)N(CCCN(CCOC(=O)Nc2cccc3ccccc23)C(=O)c2ccccc2)c2ccccc2)c1.[Cl-]. The van der Waals surface area contributed by atoms with Crippen molar-refractivity contribution in [2.45, 2.75) is 26.3 Å². The Morgan fingerprint density at radius 3 is 2.21 bits per heavy atom. The van der Waals surface area contributed by atoms with Gasteiger partial charge in [-0.3, -0.25) is 14.9 Å². The van der Waals surface area contributed by atoms with Crippen molar-refractivity contribution in [1.82, 2.24) is 4.90 Å². The molecule has 8 nitrogen and oxygen atoms in total. The van der Waals surface area contributed by atoms with Gasteiger partial charge in [0.1, 0.15) is 18.7 Å². The van der Waals surface area contributed by atoms with Crippen molar-refractivity contribution in [3.05, 3.63) is 137 Å². The zero-order valence-electron chi connectivity index (χ0n) is 26.7. The van der Waals surface area contributed by atoms with Crippen LogP contribution in [0.1, 0.15) is 40.5 Å². The fourth-order valence-corrected chi connectivity index (χ4v) is 5.95. The summed E-state index contributed by atoms with van der Waals surface area (Å²) >= 11 is 3.55. The first-order valence-electron chi connectivity index (χ1n) is 15.8. The smallest absolute Gasteiger partial charge is 0.411 e. The average Bonchev–Trinajstić information content (AvgIpc) is 3.09. The number of halogens is 2. The molecule has 5 aromatic rings. The van der Waals surface area contributed by atoms with Gasteiger partial charge < -0.3 is 26.9 Å². The van der Waals surface area contributed by atoms with Crippen LogP contribution in [-0.2, 0) is 11.3 Å². The standard InChI is InChI=1S/C38H37BrN4O4.ClH/c1-2-21-41-27-31(26-32(39)28-41)37(45)43(33-17-7-4-8-18-33)23-12-22-42(36(44)30-14-5-3-6-15-30)24-25-47-38(46)40-35-20-11-16-29-13-9-10-19-34(29)35;/h3-11,13-20,26-28H,2,12,21-25H2,1H3;1H. The van der Waals surface area contributed by atoms with Crippen molar-refractivity contribution in [3.63, 3.8) is 0 Å². The molecule has 1 heterocycles. The molecule has 5 rings (SSSR count). The van der Waals surface area contributed by atoms with Gasteiger partial charge in [-0.05, 0) is 64.1 Å². The molecule has 0 aliphatic rings. The van der Waals surface area contributed by atoms with E-state index in [0.29, 0.717) is 36.3 Å². The van der Waals surface area contributed by atoms with E-state index in [1.165, 1.54) is 0 Å². The molecule has 0 bridgehead atoms. The van der Waals surface area contributed by atoms with Gasteiger partial charge in [0.25, 0.3) is 11.8 Å². The molecule has 1 N–H and O–H groups in total. The second-order valence-electron chi connectivity index (χ2n) is 11.1. The Morgan fingerprint density at radius 1 is 0.771 bits per heavy atom. The van der Waals surface area contributed by atoms with E-state index in [4.69, 9.17) is 4.74 Å². The van der Waals surface area contributed by atoms with Crippen LogP contribution in [0.2, 0.25) is 0 Å². The Balaban J connectivity index is 0.00000520. The molecule has 48 heavy (non-hydrogen) atoms. The zero-order chi connectivity index (χ0) is 33.0. The van der Waals surface area contributed by atoms with Gasteiger partial charge in [0.05, 0.1) is 16.7 Å². The number of amides is 3. The number of fused-ring (bicyclic) bond motifs is 1. The van der Waals surface area contributed by atoms with Gasteiger partial charge in [-0.1, -0.05) is 79.7 Å². The lowest BCUT2D eigenvalue weighted by molar-refractivity contribution is -0.697. The predicted molar refractivity (Wildman–Crippen MR) is 189 cm³/mol. The van der Waals surface area contributed by atoms with E-state index in [9.17, 15) is 14.4 Å². The van der Waals surface area contributed by atoms with Crippen molar-refractivity contribution < 1.29 is 36.1 Å². The van der Waals surface area contributed by atoms with Gasteiger partial charge in [0, 0.05) is 36.1 Å². The van der Waals surface area contributed by atoms with Crippen LogP contribution < -0.4 is 27.2 Å². The van der Waals surface area contributed by atoms with E-state index in [-0.39, 0.29) is 37.4 Å². The summed E-state index contributed by atoms with van der Waals surface area (Å²) < 4.78 is 8.37. The number of hydrogen-bond donors (Lipinski definition) is 1. The number of aryl methyl sites for hydroxylation is 1. The minimum Gasteiger partial charge on any atom is -1.00 e. The van der Waals surface area contributed by atoms with Crippen molar-refractivity contribution in [2.75, 3.05) is 36.5 Å². The summed E-state index contributed by atoms with van der Waals surface area (Å²) in [4.78, 5) is 43.7. The minimum absolute atomic E-state index is 0. The predicted octanol–water partition coefficient (Wildman–Crippen LogP) is 4.73. The monoisotopic (exact) mass is 728 g/mol. The molecule has 0 saturated carbocycles. The summed E-state index contributed by atoms with van der Waals surface area (Å²) in [5, 5.41) is 4.74. The molecule has 0 saturated heterocycles. The average molecular weight is 730 g/mol. The third kappa shape index (κ3) is 9.65. The number of anilines is 2. The van der Waals surface area contributed by atoms with E-state index in [1.807, 2.05) is 114 Å². The maximum absolute atomic E-state index is 13.9. The minimum atomic E-state index is -0.594. The second-order valence-corrected chi connectivity index (χ2v) is 12.0. The van der Waals surface area contributed by atoms with Gasteiger partial charge in [-0.25, -0.2) is 9.36 Å². The van der Waals surface area contributed by atoms with Crippen LogP contribution in [0.4, 0.5) is 16.2 Å². The molecule has 0 fully saturated rings. The van der Waals surface area contributed by atoms with Crippen LogP contribution in [0, 0.1) is 0 Å². The highest BCUT2D eigenvalue weighted by atomic mass is 79.9. The Hall–Kier alpha value is -4.73. The lowest BCUT2D eigenvalue weighted by Gasteiger charge is -2.26. The molecule has 0 radical (unpaired) electrons. The van der Waals surface area contributed by atoms with Crippen molar-refractivity contribution >= 4 is 56.0 Å². The summed E-state index contributed by atoms with van der Waals surface area (Å²) in [5.41, 5.74) is 2.54. The van der Waals surface area contributed by atoms with Gasteiger partial charge in [-0.15, -0.1) is 0 Å². The maximum atomic E-state index is 13.9. The lowest BCUT2D eigenvalue weighted by atomic mass is 10.1. The van der Waals surface area contributed by atoms with Crippen LogP contribution in [0.25, 0.3) is 10.8 Å². The molecule has 1 aromatic heterocycles. The molecule has 3 amide bonds. The van der Waals surface area contributed by atoms with Crippen LogP contribution in [0.5, 0.6) is 0 Å². The molecule has 0 unspecified atom stereocenters. The van der Waals surface area contributed by atoms with Gasteiger partial charge in [0.2, 0.25) is 0 Å². The summed E-state index contributed by atoms with van der Waals surface area (Å²) in [5.74, 6) is -0.300. The number of pyridine rings is 1. The van der Waals surface area contributed by atoms with E-state index >= 15 is 0 Å². The normalized spacial score (nSPS) is 10.5. The molecular weight excluding hydrogens is 692 g/mol. The molecule has 0 aliphatic heterocycles. The Kier molecular flexibility index (Phi) is 13.5. The van der Waals surface area contributed by atoms with E-state index in [0.717, 1.165) is 33.9 Å². The third-order valence-electron chi connectivity index (χ3n) is 7.67. The molecule has 0 aliphatic carbocycles. The molecule has 10 heteroatoms. The van der Waals surface area contributed by atoms with Crippen LogP contribution in [-0.4, -0.2) is 49.0 Å². The molecular formula is C38H38BrClN4O4. The van der Waals surface area contributed by atoms with Crippen LogP contribution in [0.15, 0.2) is 126 Å². The number of rotatable bonds is 13. The van der Waals surface area contributed by atoms with Crippen molar-refractivity contribution in [2.24, 2.45) is 0 Å². The Bertz CT molecular complexity index is 1820. The van der Waals surface area contributed by atoms with Gasteiger partial charge >= 0.3 is 6.09 Å².